The van der Waals surface area contributed by atoms with E-state index in [1.807, 2.05) is 13.0 Å². The summed E-state index contributed by atoms with van der Waals surface area (Å²) in [6, 6.07) is 9.38. The number of rotatable bonds is 3. The van der Waals surface area contributed by atoms with Crippen LogP contribution >= 0.6 is 23.8 Å². The molecule has 0 spiro atoms. The number of nitrogens with one attached hydrogen (secondary N) is 1. The number of anilines is 2. The standard InChI is InChI=1S/C22H18ClFN6OS/c1-4-13-7-18(31)28-11-15(9-17(24)19(28)27-13)30-21(32)29(20(26)22(30,2)3)14-6-5-12(10-25)16(23)8-14/h5-9,11,26H,4H2,1-3H3. The number of thiocarbonyl (C=S) groups is 1. The predicted molar refractivity (Wildman–Crippen MR) is 126 cm³/mol. The van der Waals surface area contributed by atoms with Crippen molar-refractivity contribution in [1.29, 1.82) is 10.7 Å². The Morgan fingerprint density at radius 3 is 2.62 bits per heavy atom. The van der Waals surface area contributed by atoms with Gasteiger partial charge in [0.25, 0.3) is 5.56 Å². The average molecular weight is 469 g/mol. The first kappa shape index (κ1) is 21.9. The van der Waals surface area contributed by atoms with E-state index in [0.717, 1.165) is 4.40 Å². The SMILES string of the molecule is CCc1cc(=O)n2cc(N3C(=S)N(c4ccc(C#N)c(Cl)c4)C(=N)C3(C)C)cc(F)c2n1. The van der Waals surface area contributed by atoms with Crippen molar-refractivity contribution < 1.29 is 4.39 Å². The molecule has 0 radical (unpaired) electrons. The third kappa shape index (κ3) is 3.23. The van der Waals surface area contributed by atoms with Crippen LogP contribution in [0.4, 0.5) is 15.8 Å². The summed E-state index contributed by atoms with van der Waals surface area (Å²) < 4.78 is 16.2. The van der Waals surface area contributed by atoms with E-state index in [9.17, 15) is 4.79 Å². The van der Waals surface area contributed by atoms with Gasteiger partial charge in [-0.05, 0) is 50.7 Å². The molecule has 2 aromatic heterocycles. The number of hydrogen-bond acceptors (Lipinski definition) is 5. The van der Waals surface area contributed by atoms with E-state index in [1.165, 1.54) is 23.2 Å². The first-order valence-corrected chi connectivity index (χ1v) is 10.5. The van der Waals surface area contributed by atoms with Gasteiger partial charge in [-0.25, -0.2) is 9.37 Å². The fourth-order valence-electron chi connectivity index (χ4n) is 3.72. The monoisotopic (exact) mass is 468 g/mol. The number of pyridine rings is 1. The Hall–Kier alpha value is -3.35. The molecule has 0 unspecified atom stereocenters. The van der Waals surface area contributed by atoms with Gasteiger partial charge in [0, 0.05) is 24.0 Å². The quantitative estimate of drug-likeness (QED) is 0.577. The molecular weight excluding hydrogens is 451 g/mol. The van der Waals surface area contributed by atoms with Crippen molar-refractivity contribution in [2.45, 2.75) is 32.7 Å². The third-order valence-electron chi connectivity index (χ3n) is 5.45. The Labute approximate surface area is 193 Å². The zero-order chi connectivity index (χ0) is 23.4. The van der Waals surface area contributed by atoms with Crippen LogP contribution in [0.2, 0.25) is 5.02 Å². The molecule has 1 aliphatic heterocycles. The van der Waals surface area contributed by atoms with E-state index in [-0.39, 0.29) is 21.6 Å². The fraction of sp³-hybridized carbons (Fsp3) is 0.227. The highest BCUT2D eigenvalue weighted by molar-refractivity contribution is 7.81. The maximum absolute atomic E-state index is 15.0. The second kappa shape index (κ2) is 7.65. The molecule has 1 saturated heterocycles. The lowest BCUT2D eigenvalue weighted by molar-refractivity contribution is 0.622. The minimum atomic E-state index is -0.960. The van der Waals surface area contributed by atoms with E-state index < -0.39 is 16.9 Å². The number of amidine groups is 1. The fourth-order valence-corrected chi connectivity index (χ4v) is 4.47. The van der Waals surface area contributed by atoms with Crippen molar-refractivity contribution >= 4 is 51.8 Å². The molecule has 1 fully saturated rings. The number of fused-ring (bicyclic) bond motifs is 1. The van der Waals surface area contributed by atoms with Crippen molar-refractivity contribution in [2.24, 2.45) is 0 Å². The summed E-state index contributed by atoms with van der Waals surface area (Å²) in [7, 11) is 0. The molecule has 3 heterocycles. The van der Waals surface area contributed by atoms with Crippen molar-refractivity contribution in [1.82, 2.24) is 9.38 Å². The first-order valence-electron chi connectivity index (χ1n) is 9.75. The number of nitrogens with zero attached hydrogens (tertiary/aromatic N) is 5. The maximum atomic E-state index is 15.0. The van der Waals surface area contributed by atoms with Crippen molar-refractivity contribution in [3.63, 3.8) is 0 Å². The minimum absolute atomic E-state index is 0.0631. The van der Waals surface area contributed by atoms with Gasteiger partial charge in [-0.1, -0.05) is 18.5 Å². The summed E-state index contributed by atoms with van der Waals surface area (Å²) in [5, 5.41) is 18.3. The van der Waals surface area contributed by atoms with Crippen LogP contribution < -0.4 is 15.4 Å². The van der Waals surface area contributed by atoms with Crippen LogP contribution in [0, 0.1) is 22.6 Å². The number of nitriles is 1. The van der Waals surface area contributed by atoms with Crippen LogP contribution in [0.1, 0.15) is 32.0 Å². The van der Waals surface area contributed by atoms with Crippen LogP contribution in [-0.4, -0.2) is 25.9 Å². The molecule has 0 aliphatic carbocycles. The minimum Gasteiger partial charge on any atom is -0.304 e. The topological polar surface area (TPSA) is 88.5 Å². The summed E-state index contributed by atoms with van der Waals surface area (Å²) in [5.74, 6) is -0.532. The number of aryl methyl sites for hydroxylation is 1. The van der Waals surface area contributed by atoms with E-state index in [2.05, 4.69) is 4.98 Å². The molecule has 0 amide bonds. The van der Waals surface area contributed by atoms with Gasteiger partial charge in [-0.2, -0.15) is 5.26 Å². The van der Waals surface area contributed by atoms with Crippen LogP contribution in [0.25, 0.3) is 5.65 Å². The highest BCUT2D eigenvalue weighted by Crippen LogP contribution is 2.37. The molecule has 7 nitrogen and oxygen atoms in total. The molecule has 162 valence electrons. The van der Waals surface area contributed by atoms with E-state index in [0.29, 0.717) is 29.1 Å². The van der Waals surface area contributed by atoms with Crippen molar-refractivity contribution in [2.75, 3.05) is 9.80 Å². The number of halogens is 2. The lowest BCUT2D eigenvalue weighted by atomic mass is 10.0. The van der Waals surface area contributed by atoms with Gasteiger partial charge >= 0.3 is 0 Å². The number of aromatic nitrogens is 2. The molecule has 1 aromatic carbocycles. The molecule has 10 heteroatoms. The Kier molecular flexibility index (Phi) is 5.23. The Bertz CT molecular complexity index is 1410. The second-order valence-corrected chi connectivity index (χ2v) is 8.59. The van der Waals surface area contributed by atoms with Gasteiger partial charge in [0.05, 0.1) is 27.5 Å². The van der Waals surface area contributed by atoms with Gasteiger partial charge in [-0.15, -0.1) is 0 Å². The van der Waals surface area contributed by atoms with Crippen molar-refractivity contribution in [3.8, 4) is 6.07 Å². The maximum Gasteiger partial charge on any atom is 0.258 e. The Morgan fingerprint density at radius 1 is 1.28 bits per heavy atom. The molecule has 0 saturated carbocycles. The highest BCUT2D eigenvalue weighted by Gasteiger charge is 2.47. The molecule has 3 aromatic rings. The Balaban J connectivity index is 1.86. The van der Waals surface area contributed by atoms with Crippen molar-refractivity contribution in [3.05, 3.63) is 69.0 Å². The summed E-state index contributed by atoms with van der Waals surface area (Å²) in [5.41, 5.74) is 0.200. The van der Waals surface area contributed by atoms with Crippen LogP contribution in [0.3, 0.4) is 0 Å². The first-order chi connectivity index (χ1) is 15.1. The zero-order valence-electron chi connectivity index (χ0n) is 17.5. The smallest absolute Gasteiger partial charge is 0.258 e. The van der Waals surface area contributed by atoms with E-state index >= 15 is 4.39 Å². The normalized spacial score (nSPS) is 15.5. The largest absolute Gasteiger partial charge is 0.304 e. The molecule has 32 heavy (non-hydrogen) atoms. The van der Waals surface area contributed by atoms with Gasteiger partial charge < -0.3 is 4.90 Å². The second-order valence-electron chi connectivity index (χ2n) is 7.82. The zero-order valence-corrected chi connectivity index (χ0v) is 19.1. The summed E-state index contributed by atoms with van der Waals surface area (Å²) in [4.78, 5) is 19.9. The number of benzene rings is 1. The molecular formula is C22H18ClFN6OS. The van der Waals surface area contributed by atoms with Gasteiger partial charge in [0.15, 0.2) is 16.6 Å². The molecule has 1 aliphatic rings. The predicted octanol–water partition coefficient (Wildman–Crippen LogP) is 4.29. The van der Waals surface area contributed by atoms with Crippen LogP contribution in [0.15, 0.2) is 41.3 Å². The summed E-state index contributed by atoms with van der Waals surface area (Å²) in [6.07, 6.45) is 1.99. The van der Waals surface area contributed by atoms with Crippen LogP contribution in [-0.2, 0) is 6.42 Å². The third-order valence-corrected chi connectivity index (χ3v) is 6.13. The lowest BCUT2D eigenvalue weighted by Crippen LogP contribution is -2.44. The van der Waals surface area contributed by atoms with E-state index in [4.69, 9.17) is 34.5 Å². The molecule has 4 rings (SSSR count). The number of hydrogen-bond donors (Lipinski definition) is 1. The van der Waals surface area contributed by atoms with E-state index in [1.54, 1.807) is 36.9 Å². The van der Waals surface area contributed by atoms with Gasteiger partial charge in [-0.3, -0.25) is 19.5 Å². The van der Waals surface area contributed by atoms with Gasteiger partial charge in [0.1, 0.15) is 11.9 Å². The van der Waals surface area contributed by atoms with Gasteiger partial charge in [0.2, 0.25) is 0 Å². The molecule has 0 bridgehead atoms. The summed E-state index contributed by atoms with van der Waals surface area (Å²) >= 11 is 11.9. The molecule has 0 atom stereocenters. The average Bonchev–Trinajstić information content (AvgIpc) is 2.92. The molecule has 1 N–H and O–H groups in total. The Morgan fingerprint density at radius 2 is 2.00 bits per heavy atom. The highest BCUT2D eigenvalue weighted by atomic mass is 35.5. The summed E-state index contributed by atoms with van der Waals surface area (Å²) in [6.45, 7) is 5.39. The lowest BCUT2D eigenvalue weighted by Gasteiger charge is -2.30. The van der Waals surface area contributed by atoms with Crippen LogP contribution in [0.5, 0.6) is 0 Å².